The molecule has 19 heavy (non-hydrogen) atoms. The summed E-state index contributed by atoms with van der Waals surface area (Å²) < 4.78 is 17.0. The largest absolute Gasteiger partial charge is 0.493 e. The number of methoxy groups -OCH3 is 1. The second-order valence-corrected chi connectivity index (χ2v) is 4.44. The van der Waals surface area contributed by atoms with Crippen molar-refractivity contribution in [2.75, 3.05) is 13.7 Å². The van der Waals surface area contributed by atoms with Crippen LogP contribution in [0.1, 0.15) is 17.4 Å². The smallest absolute Gasteiger partial charge is 0.204 e. The Morgan fingerprint density at radius 1 is 1.26 bits per heavy atom. The standard InChI is InChI=1S/C15H15NO3/c1-10-6-7-11(8-16-10)14-9-18-13-5-3-4-12(17-2)15(13)19-14/h3-8,14H,9H2,1-2H3. The Morgan fingerprint density at radius 3 is 2.89 bits per heavy atom. The van der Waals surface area contributed by atoms with E-state index in [4.69, 9.17) is 14.2 Å². The number of pyridine rings is 1. The number of hydrogen-bond acceptors (Lipinski definition) is 4. The molecule has 0 fully saturated rings. The Labute approximate surface area is 112 Å². The number of fused-ring (bicyclic) bond motifs is 1. The Balaban J connectivity index is 1.91. The Morgan fingerprint density at radius 2 is 2.16 bits per heavy atom. The van der Waals surface area contributed by atoms with Gasteiger partial charge in [0.1, 0.15) is 6.61 Å². The Hall–Kier alpha value is -2.23. The van der Waals surface area contributed by atoms with Gasteiger partial charge in [0.15, 0.2) is 17.6 Å². The minimum atomic E-state index is -0.156. The van der Waals surface area contributed by atoms with Crippen molar-refractivity contribution < 1.29 is 14.2 Å². The van der Waals surface area contributed by atoms with Crippen LogP contribution in [0.25, 0.3) is 0 Å². The fraction of sp³-hybridized carbons (Fsp3) is 0.267. The van der Waals surface area contributed by atoms with Crippen molar-refractivity contribution in [2.45, 2.75) is 13.0 Å². The maximum absolute atomic E-state index is 5.99. The molecule has 1 aliphatic heterocycles. The van der Waals surface area contributed by atoms with Crippen molar-refractivity contribution in [3.63, 3.8) is 0 Å². The van der Waals surface area contributed by atoms with Crippen molar-refractivity contribution in [1.82, 2.24) is 4.98 Å². The van der Waals surface area contributed by atoms with Crippen molar-refractivity contribution >= 4 is 0 Å². The highest BCUT2D eigenvalue weighted by molar-refractivity contribution is 5.52. The number of benzene rings is 1. The molecule has 0 N–H and O–H groups in total. The molecule has 2 aromatic rings. The third-order valence-corrected chi connectivity index (χ3v) is 3.12. The molecule has 4 nitrogen and oxygen atoms in total. The first-order valence-electron chi connectivity index (χ1n) is 6.17. The van der Waals surface area contributed by atoms with Gasteiger partial charge in [-0.2, -0.15) is 0 Å². The zero-order chi connectivity index (χ0) is 13.2. The molecule has 1 aromatic carbocycles. The van der Waals surface area contributed by atoms with Gasteiger partial charge in [-0.25, -0.2) is 0 Å². The van der Waals surface area contributed by atoms with E-state index in [0.717, 1.165) is 17.0 Å². The molecular formula is C15H15NO3. The fourth-order valence-corrected chi connectivity index (χ4v) is 2.06. The number of para-hydroxylation sites is 1. The Kier molecular flexibility index (Phi) is 2.99. The summed E-state index contributed by atoms with van der Waals surface area (Å²) in [5.74, 6) is 2.06. The SMILES string of the molecule is COc1cccc2c1OC(c1ccc(C)nc1)CO2. The Bertz CT molecular complexity index is 566. The van der Waals surface area contributed by atoms with E-state index in [1.165, 1.54) is 0 Å². The highest BCUT2D eigenvalue weighted by Gasteiger charge is 2.25. The van der Waals surface area contributed by atoms with Crippen LogP contribution in [0.5, 0.6) is 17.2 Å². The van der Waals surface area contributed by atoms with Gasteiger partial charge in [-0.3, -0.25) is 4.98 Å². The van der Waals surface area contributed by atoms with Crippen LogP contribution in [-0.2, 0) is 0 Å². The van der Waals surface area contributed by atoms with Gasteiger partial charge in [-0.05, 0) is 25.1 Å². The van der Waals surface area contributed by atoms with Gasteiger partial charge in [-0.15, -0.1) is 0 Å². The topological polar surface area (TPSA) is 40.6 Å². The molecule has 98 valence electrons. The highest BCUT2D eigenvalue weighted by atomic mass is 16.6. The maximum Gasteiger partial charge on any atom is 0.204 e. The summed E-state index contributed by atoms with van der Waals surface area (Å²) in [6.45, 7) is 2.44. The molecule has 2 heterocycles. The van der Waals surface area contributed by atoms with Gasteiger partial charge in [-0.1, -0.05) is 12.1 Å². The molecule has 1 unspecified atom stereocenters. The van der Waals surface area contributed by atoms with Gasteiger partial charge < -0.3 is 14.2 Å². The van der Waals surface area contributed by atoms with E-state index in [0.29, 0.717) is 18.1 Å². The molecule has 4 heteroatoms. The van der Waals surface area contributed by atoms with Crippen LogP contribution in [-0.4, -0.2) is 18.7 Å². The second kappa shape index (κ2) is 4.80. The molecule has 1 aliphatic rings. The van der Waals surface area contributed by atoms with Gasteiger partial charge in [0, 0.05) is 17.5 Å². The second-order valence-electron chi connectivity index (χ2n) is 4.44. The molecule has 0 saturated carbocycles. The first kappa shape index (κ1) is 11.8. The molecule has 1 atom stereocenters. The number of hydrogen-bond donors (Lipinski definition) is 0. The van der Waals surface area contributed by atoms with E-state index in [2.05, 4.69) is 4.98 Å². The minimum Gasteiger partial charge on any atom is -0.493 e. The van der Waals surface area contributed by atoms with Crippen LogP contribution in [0.3, 0.4) is 0 Å². The third-order valence-electron chi connectivity index (χ3n) is 3.12. The highest BCUT2D eigenvalue weighted by Crippen LogP contribution is 2.42. The maximum atomic E-state index is 5.99. The predicted molar refractivity (Wildman–Crippen MR) is 70.8 cm³/mol. The third kappa shape index (κ3) is 2.21. The summed E-state index contributed by atoms with van der Waals surface area (Å²) in [7, 11) is 1.62. The predicted octanol–water partition coefficient (Wildman–Crippen LogP) is 2.91. The molecule has 0 bridgehead atoms. The molecule has 3 rings (SSSR count). The lowest BCUT2D eigenvalue weighted by molar-refractivity contribution is 0.0869. The molecule has 1 aromatic heterocycles. The van der Waals surface area contributed by atoms with E-state index in [9.17, 15) is 0 Å². The van der Waals surface area contributed by atoms with E-state index >= 15 is 0 Å². The molecular weight excluding hydrogens is 242 g/mol. The van der Waals surface area contributed by atoms with Gasteiger partial charge >= 0.3 is 0 Å². The van der Waals surface area contributed by atoms with Crippen molar-refractivity contribution in [3.05, 3.63) is 47.8 Å². The summed E-state index contributed by atoms with van der Waals surface area (Å²) >= 11 is 0. The normalized spacial score (nSPS) is 17.1. The van der Waals surface area contributed by atoms with Crippen molar-refractivity contribution in [2.24, 2.45) is 0 Å². The quantitative estimate of drug-likeness (QED) is 0.829. The number of rotatable bonds is 2. The van der Waals surface area contributed by atoms with Crippen LogP contribution >= 0.6 is 0 Å². The first-order chi connectivity index (χ1) is 9.28. The lowest BCUT2D eigenvalue weighted by atomic mass is 10.1. The summed E-state index contributed by atoms with van der Waals surface area (Å²) in [6, 6.07) is 9.60. The van der Waals surface area contributed by atoms with E-state index in [1.807, 2.05) is 43.5 Å². The summed E-state index contributed by atoms with van der Waals surface area (Å²) in [6.07, 6.45) is 1.67. The number of nitrogens with zero attached hydrogens (tertiary/aromatic N) is 1. The zero-order valence-electron chi connectivity index (χ0n) is 10.9. The van der Waals surface area contributed by atoms with E-state index in [1.54, 1.807) is 7.11 Å². The van der Waals surface area contributed by atoms with Crippen LogP contribution in [0, 0.1) is 6.92 Å². The molecule has 0 amide bonds. The first-order valence-corrected chi connectivity index (χ1v) is 6.17. The number of aromatic nitrogens is 1. The molecule has 0 saturated heterocycles. The van der Waals surface area contributed by atoms with Crippen LogP contribution in [0.2, 0.25) is 0 Å². The molecule has 0 aliphatic carbocycles. The molecule has 0 radical (unpaired) electrons. The lowest BCUT2D eigenvalue weighted by Gasteiger charge is -2.27. The average molecular weight is 257 g/mol. The minimum absolute atomic E-state index is 0.156. The zero-order valence-corrected chi connectivity index (χ0v) is 10.9. The molecule has 0 spiro atoms. The van der Waals surface area contributed by atoms with Gasteiger partial charge in [0.05, 0.1) is 7.11 Å². The fourth-order valence-electron chi connectivity index (χ4n) is 2.06. The van der Waals surface area contributed by atoms with Crippen LogP contribution in [0.4, 0.5) is 0 Å². The number of aryl methyl sites for hydroxylation is 1. The number of ether oxygens (including phenoxy) is 3. The van der Waals surface area contributed by atoms with Crippen LogP contribution < -0.4 is 14.2 Å². The summed E-state index contributed by atoms with van der Waals surface area (Å²) in [5.41, 5.74) is 1.99. The summed E-state index contributed by atoms with van der Waals surface area (Å²) in [5, 5.41) is 0. The summed E-state index contributed by atoms with van der Waals surface area (Å²) in [4.78, 5) is 4.29. The lowest BCUT2D eigenvalue weighted by Crippen LogP contribution is -2.22. The van der Waals surface area contributed by atoms with E-state index in [-0.39, 0.29) is 6.10 Å². The average Bonchev–Trinajstić information content (AvgIpc) is 2.47. The van der Waals surface area contributed by atoms with Crippen molar-refractivity contribution in [1.29, 1.82) is 0 Å². The van der Waals surface area contributed by atoms with E-state index < -0.39 is 0 Å². The monoisotopic (exact) mass is 257 g/mol. The van der Waals surface area contributed by atoms with Gasteiger partial charge in [0.25, 0.3) is 0 Å². The van der Waals surface area contributed by atoms with Gasteiger partial charge in [0.2, 0.25) is 5.75 Å². The van der Waals surface area contributed by atoms with Crippen molar-refractivity contribution in [3.8, 4) is 17.2 Å². The van der Waals surface area contributed by atoms with Crippen LogP contribution in [0.15, 0.2) is 36.5 Å².